The molecule has 0 spiro atoms. The zero-order valence-corrected chi connectivity index (χ0v) is 13.7. The fourth-order valence-electron chi connectivity index (χ4n) is 1.81. The second-order valence-electron chi connectivity index (χ2n) is 4.45. The number of carbonyl (C=O) groups excluding carboxylic acids is 1. The molecule has 0 fully saturated rings. The summed E-state index contributed by atoms with van der Waals surface area (Å²) in [4.78, 5) is 12.0. The molecule has 0 atom stereocenters. The molecule has 2 rings (SSSR count). The molecule has 0 heterocycles. The van der Waals surface area contributed by atoms with Gasteiger partial charge in [0.25, 0.3) is 5.91 Å². The molecule has 7 heteroatoms. The number of halogens is 2. The van der Waals surface area contributed by atoms with Gasteiger partial charge in [-0.05, 0) is 37.3 Å². The number of phenolic OH excluding ortho intramolecular Hbond substituents is 1. The fourth-order valence-corrected chi connectivity index (χ4v) is 2.30. The Labute approximate surface area is 143 Å². The second-order valence-corrected chi connectivity index (χ2v) is 5.29. The van der Waals surface area contributed by atoms with Gasteiger partial charge in [-0.25, -0.2) is 5.43 Å². The molecule has 0 saturated carbocycles. The highest BCUT2D eigenvalue weighted by atomic mass is 35.5. The number of ether oxygens (including phenoxy) is 1. The van der Waals surface area contributed by atoms with Crippen LogP contribution < -0.4 is 10.2 Å². The maximum Gasteiger partial charge on any atom is 0.272 e. The van der Waals surface area contributed by atoms with E-state index in [4.69, 9.17) is 27.9 Å². The lowest BCUT2D eigenvalue weighted by molar-refractivity contribution is 0.0955. The summed E-state index contributed by atoms with van der Waals surface area (Å²) in [5, 5.41) is 14.5. The van der Waals surface area contributed by atoms with Crippen molar-refractivity contribution in [2.45, 2.75) is 6.92 Å². The number of aromatic hydroxyl groups is 1. The van der Waals surface area contributed by atoms with E-state index in [1.54, 1.807) is 24.3 Å². The highest BCUT2D eigenvalue weighted by Gasteiger charge is 2.10. The van der Waals surface area contributed by atoms with Crippen molar-refractivity contribution in [2.24, 2.45) is 5.10 Å². The van der Waals surface area contributed by atoms with Gasteiger partial charge in [0.05, 0.1) is 23.4 Å². The van der Waals surface area contributed by atoms with Crippen LogP contribution in [0.3, 0.4) is 0 Å². The predicted octanol–water partition coefficient (Wildman–Crippen LogP) is 3.86. The summed E-state index contributed by atoms with van der Waals surface area (Å²) in [5.41, 5.74) is 3.00. The van der Waals surface area contributed by atoms with E-state index in [2.05, 4.69) is 10.5 Å². The van der Waals surface area contributed by atoms with Gasteiger partial charge in [-0.3, -0.25) is 4.79 Å². The summed E-state index contributed by atoms with van der Waals surface area (Å²) in [6.45, 7) is 2.25. The van der Waals surface area contributed by atoms with E-state index in [9.17, 15) is 9.90 Å². The van der Waals surface area contributed by atoms with Crippen LogP contribution in [0.1, 0.15) is 22.8 Å². The molecule has 2 aromatic carbocycles. The van der Waals surface area contributed by atoms with Crippen molar-refractivity contribution in [1.29, 1.82) is 0 Å². The number of amides is 1. The van der Waals surface area contributed by atoms with Crippen LogP contribution >= 0.6 is 23.2 Å². The van der Waals surface area contributed by atoms with E-state index in [0.717, 1.165) is 0 Å². The molecule has 2 N–H and O–H groups in total. The van der Waals surface area contributed by atoms with Crippen LogP contribution in [0.25, 0.3) is 0 Å². The lowest BCUT2D eigenvalue weighted by Gasteiger charge is -2.07. The molecule has 2 aromatic rings. The molecule has 0 radical (unpaired) electrons. The van der Waals surface area contributed by atoms with Crippen LogP contribution in [0.15, 0.2) is 41.5 Å². The van der Waals surface area contributed by atoms with Gasteiger partial charge < -0.3 is 9.84 Å². The topological polar surface area (TPSA) is 70.9 Å². The van der Waals surface area contributed by atoms with Crippen molar-refractivity contribution in [3.8, 4) is 11.5 Å². The molecule has 0 unspecified atom stereocenters. The van der Waals surface area contributed by atoms with Crippen molar-refractivity contribution in [3.63, 3.8) is 0 Å². The molecule has 120 valence electrons. The first-order chi connectivity index (χ1) is 11.0. The van der Waals surface area contributed by atoms with Crippen LogP contribution in [-0.2, 0) is 0 Å². The number of hydrogen-bond acceptors (Lipinski definition) is 4. The SMILES string of the molecule is CCOc1cccc(/C=N/NC(=O)c2ccc(Cl)cc2Cl)c1O. The molecule has 0 aliphatic heterocycles. The minimum atomic E-state index is -0.483. The molecule has 23 heavy (non-hydrogen) atoms. The Morgan fingerprint density at radius 1 is 1.35 bits per heavy atom. The number of nitrogens with zero attached hydrogens (tertiary/aromatic N) is 1. The first-order valence-electron chi connectivity index (χ1n) is 6.76. The van der Waals surface area contributed by atoms with Crippen LogP contribution in [-0.4, -0.2) is 23.8 Å². The largest absolute Gasteiger partial charge is 0.504 e. The van der Waals surface area contributed by atoms with Crippen LogP contribution in [0.5, 0.6) is 11.5 Å². The monoisotopic (exact) mass is 352 g/mol. The zero-order chi connectivity index (χ0) is 16.8. The van der Waals surface area contributed by atoms with Gasteiger partial charge in [-0.2, -0.15) is 5.10 Å². The van der Waals surface area contributed by atoms with Crippen molar-refractivity contribution in [2.75, 3.05) is 6.61 Å². The molecule has 0 bridgehead atoms. The summed E-state index contributed by atoms with van der Waals surface area (Å²) in [6.07, 6.45) is 1.32. The van der Waals surface area contributed by atoms with Crippen molar-refractivity contribution >= 4 is 35.3 Å². The van der Waals surface area contributed by atoms with Crippen molar-refractivity contribution in [3.05, 3.63) is 57.6 Å². The lowest BCUT2D eigenvalue weighted by Crippen LogP contribution is -2.18. The standard InChI is InChI=1S/C16H14Cl2N2O3/c1-2-23-14-5-3-4-10(15(14)21)9-19-20-16(22)12-7-6-11(17)8-13(12)18/h3-9,21H,2H2,1H3,(H,20,22)/b19-9+. The van der Waals surface area contributed by atoms with Gasteiger partial charge in [0.15, 0.2) is 11.5 Å². The summed E-state index contributed by atoms with van der Waals surface area (Å²) in [5.74, 6) is -0.177. The lowest BCUT2D eigenvalue weighted by atomic mass is 10.2. The number of para-hydroxylation sites is 1. The highest BCUT2D eigenvalue weighted by Crippen LogP contribution is 2.28. The average Bonchev–Trinajstić information content (AvgIpc) is 2.51. The fraction of sp³-hybridized carbons (Fsp3) is 0.125. The number of hydrogen-bond donors (Lipinski definition) is 2. The Morgan fingerprint density at radius 2 is 2.13 bits per heavy atom. The number of rotatable bonds is 5. The Morgan fingerprint density at radius 3 is 2.83 bits per heavy atom. The van der Waals surface area contributed by atoms with E-state index in [-0.39, 0.29) is 16.3 Å². The summed E-state index contributed by atoms with van der Waals surface area (Å²) in [7, 11) is 0. The van der Waals surface area contributed by atoms with Gasteiger partial charge >= 0.3 is 0 Å². The van der Waals surface area contributed by atoms with Crippen LogP contribution in [0.4, 0.5) is 0 Å². The van der Waals surface area contributed by atoms with Gasteiger partial charge in [-0.1, -0.05) is 29.3 Å². The quantitative estimate of drug-likeness (QED) is 0.633. The Bertz CT molecular complexity index is 748. The molecule has 0 aromatic heterocycles. The number of carbonyl (C=O) groups is 1. The van der Waals surface area contributed by atoms with Gasteiger partial charge in [-0.15, -0.1) is 0 Å². The third-order valence-electron chi connectivity index (χ3n) is 2.88. The summed E-state index contributed by atoms with van der Waals surface area (Å²) >= 11 is 11.7. The predicted molar refractivity (Wildman–Crippen MR) is 90.8 cm³/mol. The number of nitrogens with one attached hydrogen (secondary N) is 1. The molecular formula is C16H14Cl2N2O3. The van der Waals surface area contributed by atoms with Crippen LogP contribution in [0, 0.1) is 0 Å². The third kappa shape index (κ3) is 4.37. The van der Waals surface area contributed by atoms with E-state index in [1.165, 1.54) is 18.3 Å². The zero-order valence-electron chi connectivity index (χ0n) is 12.2. The van der Waals surface area contributed by atoms with Gasteiger partial charge in [0.1, 0.15) is 0 Å². The number of benzene rings is 2. The minimum absolute atomic E-state index is 0.0446. The Balaban J connectivity index is 2.10. The van der Waals surface area contributed by atoms with Crippen LogP contribution in [0.2, 0.25) is 10.0 Å². The smallest absolute Gasteiger partial charge is 0.272 e. The molecule has 0 aliphatic carbocycles. The second kappa shape index (κ2) is 7.85. The Hall–Kier alpha value is -2.24. The molecule has 5 nitrogen and oxygen atoms in total. The molecule has 0 saturated heterocycles. The number of phenols is 1. The third-order valence-corrected chi connectivity index (χ3v) is 3.42. The molecular weight excluding hydrogens is 339 g/mol. The maximum absolute atomic E-state index is 12.0. The first kappa shape index (κ1) is 17.1. The van der Waals surface area contributed by atoms with E-state index < -0.39 is 5.91 Å². The summed E-state index contributed by atoms with van der Waals surface area (Å²) < 4.78 is 5.27. The van der Waals surface area contributed by atoms with E-state index in [0.29, 0.717) is 22.9 Å². The van der Waals surface area contributed by atoms with Crippen molar-refractivity contribution < 1.29 is 14.6 Å². The first-order valence-corrected chi connectivity index (χ1v) is 7.51. The molecule has 1 amide bonds. The average molecular weight is 353 g/mol. The minimum Gasteiger partial charge on any atom is -0.504 e. The van der Waals surface area contributed by atoms with Crippen molar-refractivity contribution in [1.82, 2.24) is 5.43 Å². The normalized spacial score (nSPS) is 10.7. The van der Waals surface area contributed by atoms with Gasteiger partial charge in [0.2, 0.25) is 0 Å². The number of hydrazone groups is 1. The van der Waals surface area contributed by atoms with Gasteiger partial charge in [0, 0.05) is 10.6 Å². The van der Waals surface area contributed by atoms with E-state index in [1.807, 2.05) is 6.92 Å². The maximum atomic E-state index is 12.0. The Kier molecular flexibility index (Phi) is 5.84. The molecule has 0 aliphatic rings. The summed E-state index contributed by atoms with van der Waals surface area (Å²) in [6, 6.07) is 9.53. The van der Waals surface area contributed by atoms with E-state index >= 15 is 0 Å². The highest BCUT2D eigenvalue weighted by molar-refractivity contribution is 6.36.